The zero-order valence-corrected chi connectivity index (χ0v) is 14.3. The van der Waals surface area contributed by atoms with Gasteiger partial charge in [-0.15, -0.1) is 0 Å². The normalized spacial score (nSPS) is 19.1. The second-order valence-electron chi connectivity index (χ2n) is 6.83. The molecule has 0 aromatic heterocycles. The van der Waals surface area contributed by atoms with Gasteiger partial charge in [0, 0.05) is 24.7 Å². The van der Waals surface area contributed by atoms with Gasteiger partial charge >= 0.3 is 0 Å². The average Bonchev–Trinajstić information content (AvgIpc) is 2.62. The largest absolute Gasteiger partial charge is 0.338 e. The summed E-state index contributed by atoms with van der Waals surface area (Å²) in [4.78, 5) is 15.1. The Kier molecular flexibility index (Phi) is 5.31. The maximum atomic E-state index is 13.1. The van der Waals surface area contributed by atoms with Gasteiger partial charge in [-0.2, -0.15) is 0 Å². The zero-order chi connectivity index (χ0) is 16.9. The molecule has 2 aromatic rings. The summed E-state index contributed by atoms with van der Waals surface area (Å²) in [5.74, 6) is 0.552. The maximum Gasteiger partial charge on any atom is 0.254 e. The van der Waals surface area contributed by atoms with E-state index in [4.69, 9.17) is 5.73 Å². The van der Waals surface area contributed by atoms with E-state index in [1.165, 1.54) is 5.56 Å². The Morgan fingerprint density at radius 1 is 1.17 bits per heavy atom. The van der Waals surface area contributed by atoms with Gasteiger partial charge < -0.3 is 10.6 Å². The Morgan fingerprint density at radius 3 is 2.62 bits per heavy atom. The fraction of sp³-hybridized carbons (Fsp3) is 0.381. The number of piperidine rings is 1. The number of benzene rings is 2. The third-order valence-electron chi connectivity index (χ3n) is 4.97. The summed E-state index contributed by atoms with van der Waals surface area (Å²) >= 11 is 0. The van der Waals surface area contributed by atoms with Crippen LogP contribution in [0.25, 0.3) is 0 Å². The molecule has 126 valence electrons. The van der Waals surface area contributed by atoms with Gasteiger partial charge in [-0.05, 0) is 49.3 Å². The molecule has 0 bridgehead atoms. The summed E-state index contributed by atoms with van der Waals surface area (Å²) in [7, 11) is 0. The van der Waals surface area contributed by atoms with Crippen LogP contribution >= 0.6 is 0 Å². The van der Waals surface area contributed by atoms with Crippen LogP contribution in [0.5, 0.6) is 0 Å². The van der Waals surface area contributed by atoms with E-state index in [1.54, 1.807) is 0 Å². The zero-order valence-electron chi connectivity index (χ0n) is 14.3. The van der Waals surface area contributed by atoms with Crippen LogP contribution in [0.3, 0.4) is 0 Å². The summed E-state index contributed by atoms with van der Waals surface area (Å²) < 4.78 is 0. The Morgan fingerprint density at radius 2 is 1.88 bits per heavy atom. The van der Waals surface area contributed by atoms with E-state index in [0.717, 1.165) is 43.5 Å². The Labute approximate surface area is 144 Å². The molecule has 24 heavy (non-hydrogen) atoms. The quantitative estimate of drug-likeness (QED) is 0.937. The van der Waals surface area contributed by atoms with Gasteiger partial charge in [-0.3, -0.25) is 4.79 Å². The Bertz CT molecular complexity index is 681. The molecule has 0 spiro atoms. The number of hydrogen-bond acceptors (Lipinski definition) is 2. The van der Waals surface area contributed by atoms with Crippen LogP contribution in [0.4, 0.5) is 0 Å². The predicted molar refractivity (Wildman–Crippen MR) is 98.0 cm³/mol. The second kappa shape index (κ2) is 7.63. The number of hydrogen-bond donors (Lipinski definition) is 1. The fourth-order valence-electron chi connectivity index (χ4n) is 3.49. The van der Waals surface area contributed by atoms with Crippen molar-refractivity contribution in [1.29, 1.82) is 0 Å². The minimum Gasteiger partial charge on any atom is -0.338 e. The molecule has 1 aliphatic rings. The third kappa shape index (κ3) is 3.85. The first-order valence-corrected chi connectivity index (χ1v) is 8.82. The van der Waals surface area contributed by atoms with Crippen LogP contribution in [0, 0.1) is 5.92 Å². The summed E-state index contributed by atoms with van der Waals surface area (Å²) in [5.41, 5.74) is 9.21. The second-order valence-corrected chi connectivity index (χ2v) is 6.83. The lowest BCUT2D eigenvalue weighted by atomic mass is 9.91. The first-order chi connectivity index (χ1) is 11.6. The van der Waals surface area contributed by atoms with Gasteiger partial charge in [0.15, 0.2) is 0 Å². The van der Waals surface area contributed by atoms with Crippen molar-refractivity contribution in [3.63, 3.8) is 0 Å². The Balaban J connectivity index is 1.80. The first kappa shape index (κ1) is 16.7. The van der Waals surface area contributed by atoms with Gasteiger partial charge in [-0.1, -0.05) is 48.5 Å². The van der Waals surface area contributed by atoms with Crippen LogP contribution in [0.1, 0.15) is 41.3 Å². The van der Waals surface area contributed by atoms with Gasteiger partial charge in [0.25, 0.3) is 5.91 Å². The molecule has 0 radical (unpaired) electrons. The van der Waals surface area contributed by atoms with E-state index in [1.807, 2.05) is 48.2 Å². The number of rotatable bonds is 4. The topological polar surface area (TPSA) is 46.3 Å². The van der Waals surface area contributed by atoms with E-state index in [9.17, 15) is 4.79 Å². The highest BCUT2D eigenvalue weighted by Gasteiger charge is 2.27. The molecule has 3 heteroatoms. The van der Waals surface area contributed by atoms with Crippen LogP contribution in [-0.2, 0) is 6.42 Å². The van der Waals surface area contributed by atoms with Crippen molar-refractivity contribution < 1.29 is 4.79 Å². The maximum absolute atomic E-state index is 13.1. The van der Waals surface area contributed by atoms with Crippen molar-refractivity contribution in [1.82, 2.24) is 4.90 Å². The first-order valence-electron chi connectivity index (χ1n) is 8.82. The van der Waals surface area contributed by atoms with E-state index in [2.05, 4.69) is 18.2 Å². The molecule has 2 atom stereocenters. The standard InChI is InChI=1S/C21H26N2O/c1-16(22)19-11-7-13-23(15-19)21(24)20-12-6-5-10-18(20)14-17-8-3-2-4-9-17/h2-6,8-10,12,16,19H,7,11,13-15,22H2,1H3/t16-,19+/m1/s1. The summed E-state index contributed by atoms with van der Waals surface area (Å²) in [5, 5.41) is 0. The van der Waals surface area contributed by atoms with E-state index in [0.29, 0.717) is 5.92 Å². The molecule has 0 unspecified atom stereocenters. The molecule has 1 amide bonds. The molecule has 3 nitrogen and oxygen atoms in total. The molecule has 1 fully saturated rings. The Hall–Kier alpha value is -2.13. The number of carbonyl (C=O) groups is 1. The fourth-order valence-corrected chi connectivity index (χ4v) is 3.49. The molecule has 0 aliphatic carbocycles. The molecular weight excluding hydrogens is 296 g/mol. The van der Waals surface area contributed by atoms with Crippen molar-refractivity contribution in [2.45, 2.75) is 32.2 Å². The van der Waals surface area contributed by atoms with Crippen LogP contribution < -0.4 is 5.73 Å². The van der Waals surface area contributed by atoms with Crippen molar-refractivity contribution >= 4 is 5.91 Å². The SMILES string of the molecule is C[C@@H](N)[C@H]1CCCN(C(=O)c2ccccc2Cc2ccccc2)C1. The van der Waals surface area contributed by atoms with Gasteiger partial charge in [0.05, 0.1) is 0 Å². The van der Waals surface area contributed by atoms with Crippen LogP contribution in [-0.4, -0.2) is 29.9 Å². The monoisotopic (exact) mass is 322 g/mol. The molecule has 3 rings (SSSR count). The van der Waals surface area contributed by atoms with E-state index >= 15 is 0 Å². The number of carbonyl (C=O) groups excluding carboxylic acids is 1. The average molecular weight is 322 g/mol. The van der Waals surface area contributed by atoms with Crippen LogP contribution in [0.15, 0.2) is 54.6 Å². The van der Waals surface area contributed by atoms with Crippen molar-refractivity contribution in [2.75, 3.05) is 13.1 Å². The summed E-state index contributed by atoms with van der Waals surface area (Å²) in [6, 6.07) is 18.4. The van der Waals surface area contributed by atoms with E-state index < -0.39 is 0 Å². The van der Waals surface area contributed by atoms with Crippen molar-refractivity contribution in [3.05, 3.63) is 71.3 Å². The van der Waals surface area contributed by atoms with Crippen molar-refractivity contribution in [3.8, 4) is 0 Å². The molecule has 2 aromatic carbocycles. The third-order valence-corrected chi connectivity index (χ3v) is 4.97. The van der Waals surface area contributed by atoms with Crippen LogP contribution in [0.2, 0.25) is 0 Å². The minimum atomic E-state index is 0.139. The molecule has 2 N–H and O–H groups in total. The molecule has 1 heterocycles. The number of nitrogens with two attached hydrogens (primary N) is 1. The smallest absolute Gasteiger partial charge is 0.254 e. The van der Waals surface area contributed by atoms with Gasteiger partial charge in [-0.25, -0.2) is 0 Å². The minimum absolute atomic E-state index is 0.139. The lowest BCUT2D eigenvalue weighted by Crippen LogP contribution is -2.45. The number of nitrogens with zero attached hydrogens (tertiary/aromatic N) is 1. The molecular formula is C21H26N2O. The predicted octanol–water partition coefficient (Wildman–Crippen LogP) is 3.48. The van der Waals surface area contributed by atoms with Crippen molar-refractivity contribution in [2.24, 2.45) is 11.7 Å². The highest BCUT2D eigenvalue weighted by Crippen LogP contribution is 2.22. The lowest BCUT2D eigenvalue weighted by Gasteiger charge is -2.35. The number of likely N-dealkylation sites (tertiary alicyclic amines) is 1. The summed E-state index contributed by atoms with van der Waals surface area (Å²) in [6.07, 6.45) is 2.94. The molecule has 1 saturated heterocycles. The molecule has 0 saturated carbocycles. The highest BCUT2D eigenvalue weighted by molar-refractivity contribution is 5.95. The number of amides is 1. The lowest BCUT2D eigenvalue weighted by molar-refractivity contribution is 0.0660. The van der Waals surface area contributed by atoms with E-state index in [-0.39, 0.29) is 11.9 Å². The summed E-state index contributed by atoms with van der Waals surface area (Å²) in [6.45, 7) is 3.65. The van der Waals surface area contributed by atoms with Gasteiger partial charge in [0.1, 0.15) is 0 Å². The highest BCUT2D eigenvalue weighted by atomic mass is 16.2. The molecule has 1 aliphatic heterocycles. The van der Waals surface area contributed by atoms with Gasteiger partial charge in [0.2, 0.25) is 0 Å².